The van der Waals surface area contributed by atoms with Crippen molar-refractivity contribution in [1.29, 1.82) is 5.26 Å². The maximum absolute atomic E-state index is 13.3. The molecule has 1 saturated heterocycles. The highest BCUT2D eigenvalue weighted by Crippen LogP contribution is 2.39. The fourth-order valence-electron chi connectivity index (χ4n) is 3.45. The zero-order chi connectivity index (χ0) is 22.5. The third-order valence-corrected chi connectivity index (χ3v) is 6.54. The topological polar surface area (TPSA) is 89.3 Å². The Morgan fingerprint density at radius 3 is 2.61 bits per heavy atom. The Labute approximate surface area is 192 Å². The van der Waals surface area contributed by atoms with Crippen molar-refractivity contribution < 1.29 is 9.59 Å². The van der Waals surface area contributed by atoms with E-state index in [0.717, 1.165) is 4.70 Å². The van der Waals surface area contributed by atoms with Crippen LogP contribution in [0.4, 0.5) is 16.5 Å². The number of nitriles is 1. The number of aromatic nitrogens is 1. The van der Waals surface area contributed by atoms with Gasteiger partial charge in [0, 0.05) is 12.6 Å². The molecule has 1 aromatic heterocycles. The van der Waals surface area contributed by atoms with Crippen molar-refractivity contribution in [3.05, 3.63) is 47.0 Å². The molecule has 0 spiro atoms. The van der Waals surface area contributed by atoms with Crippen molar-refractivity contribution in [1.82, 2.24) is 4.98 Å². The van der Waals surface area contributed by atoms with Gasteiger partial charge in [0.15, 0.2) is 10.2 Å². The van der Waals surface area contributed by atoms with Crippen molar-refractivity contribution in [3.63, 3.8) is 0 Å². The number of thiocarbonyl (C=S) groups is 1. The molecule has 0 unspecified atom stereocenters. The van der Waals surface area contributed by atoms with Gasteiger partial charge in [-0.15, -0.1) is 0 Å². The Morgan fingerprint density at radius 1 is 1.26 bits per heavy atom. The van der Waals surface area contributed by atoms with Gasteiger partial charge < -0.3 is 10.2 Å². The van der Waals surface area contributed by atoms with E-state index in [1.54, 1.807) is 36.9 Å². The largest absolute Gasteiger partial charge is 0.303 e. The molecule has 0 saturated carbocycles. The molecule has 31 heavy (non-hydrogen) atoms. The third kappa shape index (κ3) is 3.53. The first-order valence-corrected chi connectivity index (χ1v) is 10.8. The fraction of sp³-hybridized carbons (Fsp3) is 0.190. The molecule has 2 heterocycles. The van der Waals surface area contributed by atoms with Crippen LogP contribution in [0.5, 0.6) is 0 Å². The predicted octanol–water partition coefficient (Wildman–Crippen LogP) is 4.70. The summed E-state index contributed by atoms with van der Waals surface area (Å²) in [7, 11) is 0. The molecule has 2 amide bonds. The number of carbonyl (C=O) groups excluding carboxylic acids is 2. The van der Waals surface area contributed by atoms with E-state index in [-0.39, 0.29) is 16.8 Å². The van der Waals surface area contributed by atoms with Gasteiger partial charge in [0.25, 0.3) is 5.91 Å². The molecule has 1 N–H and O–H groups in total. The van der Waals surface area contributed by atoms with Crippen LogP contribution in [0.1, 0.15) is 26.3 Å². The predicted molar refractivity (Wildman–Crippen MR) is 127 cm³/mol. The Balaban J connectivity index is 1.75. The summed E-state index contributed by atoms with van der Waals surface area (Å²) in [5.74, 6) is -0.404. The highest BCUT2D eigenvalue weighted by molar-refractivity contribution is 7.81. The Bertz CT molecular complexity index is 1310. The minimum Gasteiger partial charge on any atom is -0.303 e. The second kappa shape index (κ2) is 7.57. The van der Waals surface area contributed by atoms with Gasteiger partial charge >= 0.3 is 0 Å². The van der Waals surface area contributed by atoms with E-state index in [1.807, 2.05) is 24.3 Å². The summed E-state index contributed by atoms with van der Waals surface area (Å²) < 4.78 is 0.900. The lowest BCUT2D eigenvalue weighted by atomic mass is 10.0. The van der Waals surface area contributed by atoms with Gasteiger partial charge in [-0.2, -0.15) is 5.26 Å². The second-order valence-electron chi connectivity index (χ2n) is 7.45. The van der Waals surface area contributed by atoms with Gasteiger partial charge in [-0.1, -0.05) is 22.9 Å². The molecule has 156 valence electrons. The number of halogens is 1. The molecular weight excluding hydrogens is 454 g/mol. The number of nitrogens with zero attached hydrogens (tertiary/aromatic N) is 4. The lowest BCUT2D eigenvalue weighted by Crippen LogP contribution is -2.44. The van der Waals surface area contributed by atoms with E-state index in [1.165, 1.54) is 23.2 Å². The fourth-order valence-corrected chi connectivity index (χ4v) is 5.08. The number of benzene rings is 2. The molecule has 1 fully saturated rings. The highest BCUT2D eigenvalue weighted by Gasteiger charge is 2.50. The molecule has 3 aromatic rings. The van der Waals surface area contributed by atoms with Crippen molar-refractivity contribution in [2.45, 2.75) is 26.3 Å². The number of carbonyl (C=O) groups is 2. The van der Waals surface area contributed by atoms with Gasteiger partial charge in [0.2, 0.25) is 5.91 Å². The molecule has 1 aliphatic rings. The summed E-state index contributed by atoms with van der Waals surface area (Å²) in [5.41, 5.74) is 1.26. The van der Waals surface area contributed by atoms with Crippen molar-refractivity contribution in [2.24, 2.45) is 0 Å². The average Bonchev–Trinajstić information content (AvgIpc) is 3.16. The van der Waals surface area contributed by atoms with Crippen molar-refractivity contribution in [3.8, 4) is 6.07 Å². The lowest BCUT2D eigenvalue weighted by molar-refractivity contribution is -0.120. The molecule has 0 radical (unpaired) electrons. The Kier molecular flexibility index (Phi) is 5.17. The third-order valence-electron chi connectivity index (χ3n) is 4.91. The van der Waals surface area contributed by atoms with Crippen LogP contribution >= 0.6 is 35.2 Å². The number of nitrogens with one attached hydrogen (secondary N) is 1. The van der Waals surface area contributed by atoms with Crippen molar-refractivity contribution in [2.75, 3.05) is 15.1 Å². The van der Waals surface area contributed by atoms with E-state index in [9.17, 15) is 9.59 Å². The zero-order valence-corrected chi connectivity index (χ0v) is 19.2. The Morgan fingerprint density at radius 2 is 1.97 bits per heavy atom. The molecule has 0 atom stereocenters. The summed E-state index contributed by atoms with van der Waals surface area (Å²) in [6.07, 6.45) is 0. The van der Waals surface area contributed by atoms with Crippen LogP contribution in [0.25, 0.3) is 10.2 Å². The van der Waals surface area contributed by atoms with Crippen LogP contribution in [0, 0.1) is 11.3 Å². The maximum atomic E-state index is 13.3. The molecule has 0 bridgehead atoms. The number of amides is 2. The van der Waals surface area contributed by atoms with Crippen LogP contribution in [0.15, 0.2) is 36.4 Å². The number of fused-ring (bicyclic) bond motifs is 1. The van der Waals surface area contributed by atoms with Crippen LogP contribution in [-0.2, 0) is 9.59 Å². The van der Waals surface area contributed by atoms with Gasteiger partial charge in [-0.3, -0.25) is 14.5 Å². The van der Waals surface area contributed by atoms with Gasteiger partial charge in [0.05, 0.1) is 26.5 Å². The summed E-state index contributed by atoms with van der Waals surface area (Å²) in [5, 5.41) is 12.9. The highest BCUT2D eigenvalue weighted by atomic mass is 35.5. The number of thiazole rings is 1. The molecule has 10 heteroatoms. The van der Waals surface area contributed by atoms with Crippen LogP contribution < -0.4 is 15.1 Å². The first kappa shape index (κ1) is 21.2. The minimum atomic E-state index is -0.957. The van der Waals surface area contributed by atoms with Gasteiger partial charge in [-0.05, 0) is 62.5 Å². The molecule has 7 nitrogen and oxygen atoms in total. The molecule has 1 aliphatic heterocycles. The standard InChI is InChI=1S/C21H16ClN5O2S2/c1-11(28)24-19-25-16-9-14(6-7-17(16)31-19)27-20(30)26(18(29)21(27,2)3)13-5-4-12(10-23)15(22)8-13/h4-9H,1-3H3,(H,24,25,28). The Hall–Kier alpha value is -3.06. The van der Waals surface area contributed by atoms with E-state index < -0.39 is 5.54 Å². The minimum absolute atomic E-state index is 0.191. The lowest BCUT2D eigenvalue weighted by Gasteiger charge is -2.29. The molecular formula is C21H16ClN5O2S2. The van der Waals surface area contributed by atoms with E-state index in [2.05, 4.69) is 10.3 Å². The van der Waals surface area contributed by atoms with Gasteiger partial charge in [-0.25, -0.2) is 4.98 Å². The van der Waals surface area contributed by atoms with Gasteiger partial charge in [0.1, 0.15) is 11.6 Å². The van der Waals surface area contributed by atoms with Crippen LogP contribution in [0.3, 0.4) is 0 Å². The quantitative estimate of drug-likeness (QED) is 0.559. The number of rotatable bonds is 3. The number of hydrogen-bond acceptors (Lipinski definition) is 6. The summed E-state index contributed by atoms with van der Waals surface area (Å²) >= 11 is 13.2. The zero-order valence-electron chi connectivity index (χ0n) is 16.8. The summed E-state index contributed by atoms with van der Waals surface area (Å²) in [4.78, 5) is 32.3. The SMILES string of the molecule is CC(=O)Nc1nc2cc(N3C(=S)N(c4ccc(C#N)c(Cl)c4)C(=O)C3(C)C)ccc2s1. The summed E-state index contributed by atoms with van der Waals surface area (Å²) in [6, 6.07) is 12.4. The number of hydrogen-bond donors (Lipinski definition) is 1. The van der Waals surface area contributed by atoms with Crippen LogP contribution in [-0.4, -0.2) is 27.4 Å². The van der Waals surface area contributed by atoms with E-state index in [0.29, 0.717) is 32.7 Å². The first-order valence-electron chi connectivity index (χ1n) is 9.20. The molecule has 0 aliphatic carbocycles. The normalized spacial score (nSPS) is 15.5. The maximum Gasteiger partial charge on any atom is 0.259 e. The van der Waals surface area contributed by atoms with Crippen molar-refractivity contribution >= 4 is 78.8 Å². The van der Waals surface area contributed by atoms with E-state index in [4.69, 9.17) is 29.1 Å². The first-order chi connectivity index (χ1) is 14.6. The monoisotopic (exact) mass is 469 g/mol. The number of anilines is 3. The molecule has 2 aromatic carbocycles. The smallest absolute Gasteiger partial charge is 0.259 e. The average molecular weight is 470 g/mol. The molecule has 4 rings (SSSR count). The van der Waals surface area contributed by atoms with Crippen LogP contribution in [0.2, 0.25) is 5.02 Å². The second-order valence-corrected chi connectivity index (χ2v) is 9.25. The summed E-state index contributed by atoms with van der Waals surface area (Å²) in [6.45, 7) is 5.01. The van der Waals surface area contributed by atoms with E-state index >= 15 is 0 Å².